The first-order valence-corrected chi connectivity index (χ1v) is 6.06. The minimum Gasteiger partial charge on any atom is -0.508 e. The molecule has 2 aliphatic heterocycles. The maximum Gasteiger partial charge on any atom is 0.254 e. The third-order valence-electron chi connectivity index (χ3n) is 3.91. The monoisotopic (exact) mass is 249 g/mol. The van der Waals surface area contributed by atoms with Gasteiger partial charge in [0.1, 0.15) is 5.75 Å². The van der Waals surface area contributed by atoms with E-state index in [2.05, 4.69) is 0 Å². The Morgan fingerprint density at radius 3 is 2.78 bits per heavy atom. The molecule has 96 valence electrons. The number of hydrogen-bond donors (Lipinski definition) is 3. The summed E-state index contributed by atoms with van der Waals surface area (Å²) < 4.78 is 0. The van der Waals surface area contributed by atoms with E-state index in [1.807, 2.05) is 0 Å². The molecule has 3 N–H and O–H groups in total. The predicted molar refractivity (Wildman–Crippen MR) is 63.2 cm³/mol. The number of aliphatic hydroxyl groups excluding tert-OH is 2. The first-order chi connectivity index (χ1) is 8.61. The largest absolute Gasteiger partial charge is 0.508 e. The molecule has 1 saturated heterocycles. The molecule has 18 heavy (non-hydrogen) atoms. The highest BCUT2D eigenvalue weighted by Gasteiger charge is 2.41. The fourth-order valence-corrected chi connectivity index (χ4v) is 2.75. The molecule has 0 spiro atoms. The first kappa shape index (κ1) is 11.5. The van der Waals surface area contributed by atoms with Gasteiger partial charge in [-0.2, -0.15) is 0 Å². The van der Waals surface area contributed by atoms with E-state index in [-0.39, 0.29) is 24.3 Å². The van der Waals surface area contributed by atoms with E-state index in [4.69, 9.17) is 5.11 Å². The minimum absolute atomic E-state index is 0.0273. The van der Waals surface area contributed by atoms with Crippen LogP contribution in [0.15, 0.2) is 12.1 Å². The van der Waals surface area contributed by atoms with E-state index >= 15 is 0 Å². The lowest BCUT2D eigenvalue weighted by atomic mass is 9.95. The third-order valence-corrected chi connectivity index (χ3v) is 3.91. The smallest absolute Gasteiger partial charge is 0.254 e. The number of aliphatic hydroxyl groups is 2. The lowest BCUT2D eigenvalue weighted by molar-refractivity contribution is -0.00148. The van der Waals surface area contributed by atoms with E-state index in [0.717, 1.165) is 6.42 Å². The maximum absolute atomic E-state index is 12.3. The van der Waals surface area contributed by atoms with E-state index in [0.29, 0.717) is 29.7 Å². The van der Waals surface area contributed by atoms with Gasteiger partial charge in [0.2, 0.25) is 0 Å². The second-order valence-electron chi connectivity index (χ2n) is 4.92. The number of amides is 1. The van der Waals surface area contributed by atoms with Crippen molar-refractivity contribution in [1.29, 1.82) is 0 Å². The highest BCUT2D eigenvalue weighted by atomic mass is 16.3. The summed E-state index contributed by atoms with van der Waals surface area (Å²) in [6, 6.07) is 2.90. The van der Waals surface area contributed by atoms with Gasteiger partial charge in [-0.3, -0.25) is 4.79 Å². The molecular weight excluding hydrogens is 234 g/mol. The van der Waals surface area contributed by atoms with Crippen LogP contribution in [0.2, 0.25) is 0 Å². The molecule has 0 aromatic heterocycles. The Labute approximate surface area is 104 Å². The Balaban J connectivity index is 2.10. The molecule has 2 heterocycles. The number of rotatable bonds is 1. The Hall–Kier alpha value is -1.59. The Morgan fingerprint density at radius 1 is 1.39 bits per heavy atom. The zero-order valence-electron chi connectivity index (χ0n) is 9.83. The number of nitrogens with zero attached hydrogens (tertiary/aromatic N) is 1. The molecule has 0 radical (unpaired) electrons. The quantitative estimate of drug-likeness (QED) is 0.655. The molecule has 0 aliphatic carbocycles. The molecule has 5 nitrogen and oxygen atoms in total. The summed E-state index contributed by atoms with van der Waals surface area (Å²) in [5.74, 6) is -0.145. The Bertz CT molecular complexity index is 514. The van der Waals surface area contributed by atoms with Crippen molar-refractivity contribution in [3.63, 3.8) is 0 Å². The van der Waals surface area contributed by atoms with Crippen LogP contribution in [0.25, 0.3) is 0 Å². The number of aromatic hydroxyl groups is 1. The van der Waals surface area contributed by atoms with Gasteiger partial charge in [-0.15, -0.1) is 0 Å². The molecule has 5 heteroatoms. The minimum atomic E-state index is -0.580. The second-order valence-corrected chi connectivity index (χ2v) is 4.92. The van der Waals surface area contributed by atoms with Crippen molar-refractivity contribution in [3.05, 3.63) is 28.8 Å². The fourth-order valence-electron chi connectivity index (χ4n) is 2.75. The van der Waals surface area contributed by atoms with Crippen LogP contribution in [0.3, 0.4) is 0 Å². The number of carbonyl (C=O) groups excluding carboxylic acids is 1. The van der Waals surface area contributed by atoms with Crippen molar-refractivity contribution < 1.29 is 20.1 Å². The third kappa shape index (κ3) is 1.51. The zero-order valence-corrected chi connectivity index (χ0v) is 9.83. The molecule has 2 atom stereocenters. The molecule has 0 bridgehead atoms. The van der Waals surface area contributed by atoms with Crippen molar-refractivity contribution in [2.24, 2.45) is 0 Å². The first-order valence-electron chi connectivity index (χ1n) is 6.06. The molecular formula is C13H15NO4. The van der Waals surface area contributed by atoms with Gasteiger partial charge in [0.05, 0.1) is 18.8 Å². The van der Waals surface area contributed by atoms with Crippen molar-refractivity contribution in [1.82, 2.24) is 4.90 Å². The van der Waals surface area contributed by atoms with Gasteiger partial charge in [0, 0.05) is 24.1 Å². The van der Waals surface area contributed by atoms with Gasteiger partial charge in [0.25, 0.3) is 5.91 Å². The Kier molecular flexibility index (Phi) is 2.53. The number of fused-ring (bicyclic) bond motifs is 2. The molecule has 1 unspecified atom stereocenters. The number of hydrogen-bond acceptors (Lipinski definition) is 4. The topological polar surface area (TPSA) is 81.0 Å². The van der Waals surface area contributed by atoms with Gasteiger partial charge in [0.15, 0.2) is 0 Å². The van der Waals surface area contributed by atoms with Crippen molar-refractivity contribution in [2.45, 2.75) is 31.6 Å². The van der Waals surface area contributed by atoms with Crippen LogP contribution in [0, 0.1) is 0 Å². The number of phenols is 1. The van der Waals surface area contributed by atoms with Gasteiger partial charge in [-0.1, -0.05) is 0 Å². The summed E-state index contributed by atoms with van der Waals surface area (Å²) in [6.45, 7) is 0.355. The van der Waals surface area contributed by atoms with Crippen LogP contribution in [0.5, 0.6) is 5.75 Å². The van der Waals surface area contributed by atoms with Crippen molar-refractivity contribution in [2.75, 3.05) is 6.54 Å². The summed E-state index contributed by atoms with van der Waals surface area (Å²) in [5.41, 5.74) is 1.48. The van der Waals surface area contributed by atoms with Gasteiger partial charge < -0.3 is 20.2 Å². The summed E-state index contributed by atoms with van der Waals surface area (Å²) in [5, 5.41) is 28.9. The fraction of sp³-hybridized carbons (Fsp3) is 0.462. The van der Waals surface area contributed by atoms with Crippen LogP contribution < -0.4 is 0 Å². The summed E-state index contributed by atoms with van der Waals surface area (Å²) in [7, 11) is 0. The highest BCUT2D eigenvalue weighted by molar-refractivity contribution is 5.97. The predicted octanol–water partition coefficient (Wildman–Crippen LogP) is 0.0160. The normalized spacial score (nSPS) is 26.1. The molecule has 1 aromatic carbocycles. The molecule has 0 saturated carbocycles. The van der Waals surface area contributed by atoms with Crippen LogP contribution in [0.4, 0.5) is 0 Å². The van der Waals surface area contributed by atoms with Crippen LogP contribution >= 0.6 is 0 Å². The number of benzene rings is 1. The highest BCUT2D eigenvalue weighted by Crippen LogP contribution is 2.33. The standard InChI is InChI=1S/C13H15NO4/c15-6-8-3-9-7(4-11(8)16)5-12(17)10-1-2-14(10)13(9)18/h3-4,10,12,15-17H,1-2,5-6H2/t10-,12?/m0/s1. The lowest BCUT2D eigenvalue weighted by Gasteiger charge is -2.42. The maximum atomic E-state index is 12.3. The van der Waals surface area contributed by atoms with Crippen molar-refractivity contribution >= 4 is 5.91 Å². The molecule has 3 rings (SSSR count). The SMILES string of the molecule is O=C1c2cc(CO)c(O)cc2CC(O)[C@@H]2CCN12. The summed E-state index contributed by atoms with van der Waals surface area (Å²) in [6.07, 6.45) is 0.602. The average Bonchev–Trinajstić information content (AvgIpc) is 2.32. The van der Waals surface area contributed by atoms with E-state index in [1.165, 1.54) is 12.1 Å². The summed E-state index contributed by atoms with van der Waals surface area (Å²) >= 11 is 0. The van der Waals surface area contributed by atoms with E-state index < -0.39 is 6.10 Å². The molecule has 1 amide bonds. The van der Waals surface area contributed by atoms with Crippen LogP contribution in [-0.4, -0.2) is 44.8 Å². The molecule has 2 aliphatic rings. The van der Waals surface area contributed by atoms with Crippen molar-refractivity contribution in [3.8, 4) is 5.75 Å². The summed E-state index contributed by atoms with van der Waals surface area (Å²) in [4.78, 5) is 13.9. The zero-order chi connectivity index (χ0) is 12.9. The van der Waals surface area contributed by atoms with Gasteiger partial charge in [-0.05, 0) is 24.1 Å². The molecule has 1 aromatic rings. The van der Waals surface area contributed by atoms with Crippen LogP contribution in [-0.2, 0) is 13.0 Å². The number of carbonyl (C=O) groups is 1. The van der Waals surface area contributed by atoms with E-state index in [9.17, 15) is 15.0 Å². The molecule has 1 fully saturated rings. The van der Waals surface area contributed by atoms with Crippen LogP contribution in [0.1, 0.15) is 27.9 Å². The Morgan fingerprint density at radius 2 is 2.17 bits per heavy atom. The van der Waals surface area contributed by atoms with Gasteiger partial charge >= 0.3 is 0 Å². The van der Waals surface area contributed by atoms with Gasteiger partial charge in [-0.25, -0.2) is 0 Å². The lowest BCUT2D eigenvalue weighted by Crippen LogP contribution is -2.55. The van der Waals surface area contributed by atoms with E-state index in [1.54, 1.807) is 4.90 Å². The second kappa shape index (κ2) is 3.96. The average molecular weight is 249 g/mol.